The van der Waals surface area contributed by atoms with E-state index in [9.17, 15) is 24.0 Å². The molecule has 21 nitrogen and oxygen atoms in total. The molecule has 6 aliphatic rings. The van der Waals surface area contributed by atoms with Crippen LogP contribution in [0.15, 0.2) is 103 Å². The summed E-state index contributed by atoms with van der Waals surface area (Å²) in [5.41, 5.74) is 5.03. The fraction of sp³-hybridized carbons (Fsp3) is 0.344. The Kier molecular flexibility index (Phi) is 13.8. The van der Waals surface area contributed by atoms with E-state index in [-0.39, 0.29) is 105 Å². The predicted molar refractivity (Wildman–Crippen MR) is 311 cm³/mol. The van der Waals surface area contributed by atoms with Crippen molar-refractivity contribution in [1.29, 1.82) is 0 Å². The molecule has 3 fully saturated rings. The van der Waals surface area contributed by atoms with Crippen LogP contribution in [0, 0.1) is 12.7 Å². The monoisotopic (exact) mass is 1160 g/mol. The molecule has 6 aliphatic heterocycles. The van der Waals surface area contributed by atoms with Crippen molar-refractivity contribution in [3.05, 3.63) is 126 Å². The van der Waals surface area contributed by atoms with Gasteiger partial charge in [-0.25, -0.2) is 14.2 Å². The van der Waals surface area contributed by atoms with Crippen molar-refractivity contribution in [2.45, 2.75) is 69.1 Å². The van der Waals surface area contributed by atoms with Gasteiger partial charge in [0.2, 0.25) is 23.6 Å². The maximum absolute atomic E-state index is 16.7. The Labute approximate surface area is 484 Å². The molecule has 23 heteroatoms. The molecule has 0 saturated carbocycles. The number of rotatable bonds is 12. The zero-order chi connectivity index (χ0) is 58.2. The van der Waals surface area contributed by atoms with E-state index in [0.29, 0.717) is 69.4 Å². The molecule has 4 bridgehead atoms. The number of aliphatic carboxylic acids is 1. The second-order valence-corrected chi connectivity index (χ2v) is 23.6. The summed E-state index contributed by atoms with van der Waals surface area (Å²) in [6, 6.07) is 28.5. The third-order valence-corrected chi connectivity index (χ3v) is 18.8. The van der Waals surface area contributed by atoms with E-state index < -0.39 is 54.3 Å². The topological polar surface area (TPSA) is 243 Å². The number of amides is 6. The molecule has 4 N–H and O–H groups in total. The lowest BCUT2D eigenvalue weighted by Gasteiger charge is -2.48. The van der Waals surface area contributed by atoms with E-state index in [1.165, 1.54) is 10.7 Å². The van der Waals surface area contributed by atoms with Gasteiger partial charge in [-0.3, -0.25) is 38.3 Å². The highest BCUT2D eigenvalue weighted by molar-refractivity contribution is 7.21. The standard InChI is InChI=1S/C61H59FN12O9S/c1-35-9-7-14-45-56(35)84-57(67-45)40-11-4-6-16-49(40)83-61(19-21-70(22-20-61)58(80)42-29-50(75)66-44-13-5-3-10-38(42)44)60(82)71-24-23-69(2)48(33-71)59(81)74-25-17-36(18-26-74)55-54-39(41-28-47-37(27-43(41)62)30-65-73(47)74)12-8-15-46(54)72(68-55)34-52(77)63-31-51(76)64-32-53(78)79/h3-16,27-28,30,36,42,48H,17-26,29,31-34H2,1-2H3,(H3-,63,64,66,75,76,77,78,79)/p+1/t36?,42-,48?,74?/m0/s1. The molecule has 3 aromatic heterocycles. The highest BCUT2D eigenvalue weighted by atomic mass is 32.1. The lowest BCUT2D eigenvalue weighted by Crippen LogP contribution is -2.73. The lowest BCUT2D eigenvalue weighted by molar-refractivity contribution is -0.161. The molecule has 1 unspecified atom stereocenters. The number of carbonyl (C=O) groups is 7. The van der Waals surface area contributed by atoms with Gasteiger partial charge in [-0.2, -0.15) is 5.10 Å². The first-order valence-corrected chi connectivity index (χ1v) is 29.1. The fourth-order valence-electron chi connectivity index (χ4n) is 13.1. The van der Waals surface area contributed by atoms with Gasteiger partial charge >= 0.3 is 11.9 Å². The minimum Gasteiger partial charge on any atom is -0.480 e. The number of para-hydroxylation sites is 2. The van der Waals surface area contributed by atoms with E-state index >= 15 is 14.0 Å². The molecule has 5 aromatic carbocycles. The van der Waals surface area contributed by atoms with Crippen molar-refractivity contribution in [3.8, 4) is 27.4 Å². The third-order valence-electron chi connectivity index (χ3n) is 17.6. The number of aryl methyl sites for hydroxylation is 1. The SMILES string of the molecule is Cc1cccc2nc(-c3ccccc3OC3(C(=O)N4CCN(C)C(C(=O)[N+]56CCC(CC5)c5nn(CC(=O)NCC(=O)NCC(=O)O)c7cccc(c57)-c5cc7c(cnn76)cc5F)C4)CCN(C(=O)[C@H]4CC(=O)Nc5ccccc54)CC3)sc12. The summed E-state index contributed by atoms with van der Waals surface area (Å²) in [6.07, 6.45) is 2.70. The second-order valence-electron chi connectivity index (χ2n) is 22.6. The van der Waals surface area contributed by atoms with Crippen LogP contribution in [0.2, 0.25) is 0 Å². The molecule has 14 rings (SSSR count). The van der Waals surface area contributed by atoms with Crippen molar-refractivity contribution < 1.29 is 47.8 Å². The van der Waals surface area contributed by atoms with Crippen LogP contribution in [0.4, 0.5) is 10.1 Å². The number of likely N-dealkylation sites (tertiary alicyclic amines) is 1. The number of anilines is 1. The Bertz CT molecular complexity index is 4050. The van der Waals surface area contributed by atoms with Crippen LogP contribution >= 0.6 is 11.3 Å². The van der Waals surface area contributed by atoms with Crippen molar-refractivity contribution in [2.75, 3.05) is 71.3 Å². The number of carbonyl (C=O) groups excluding carboxylic acids is 6. The van der Waals surface area contributed by atoms with Crippen LogP contribution < -0.4 is 25.3 Å². The summed E-state index contributed by atoms with van der Waals surface area (Å²) in [5.74, 6) is -4.41. The summed E-state index contributed by atoms with van der Waals surface area (Å²) < 4.78 is 26.2. The van der Waals surface area contributed by atoms with E-state index in [2.05, 4.69) is 16.0 Å². The van der Waals surface area contributed by atoms with E-state index in [4.69, 9.17) is 25.0 Å². The number of piperidine rings is 2. The van der Waals surface area contributed by atoms with Gasteiger partial charge in [0.05, 0.1) is 45.7 Å². The molecule has 0 radical (unpaired) electrons. The molecule has 9 heterocycles. The molecule has 0 aliphatic carbocycles. The quantitative estimate of drug-likeness (QED) is 0.108. The van der Waals surface area contributed by atoms with Crippen molar-refractivity contribution in [1.82, 2.24) is 54.6 Å². The minimum absolute atomic E-state index is 0.00215. The van der Waals surface area contributed by atoms with Crippen molar-refractivity contribution in [3.63, 3.8) is 0 Å². The Morgan fingerprint density at radius 1 is 0.845 bits per heavy atom. The molecule has 3 saturated heterocycles. The van der Waals surface area contributed by atoms with Crippen LogP contribution in [0.3, 0.4) is 0 Å². The number of fused-ring (bicyclic) bond motifs is 4. The average Bonchev–Trinajstić information content (AvgIpc) is 1.85. The number of ether oxygens (including phenoxy) is 1. The van der Waals surface area contributed by atoms with Crippen LogP contribution in [-0.4, -0.2) is 163 Å². The number of benzene rings is 5. The van der Waals surface area contributed by atoms with Gasteiger partial charge in [0.25, 0.3) is 5.91 Å². The van der Waals surface area contributed by atoms with E-state index in [1.807, 2.05) is 85.6 Å². The van der Waals surface area contributed by atoms with Gasteiger partial charge in [-0.15, -0.1) is 21.0 Å². The number of carboxylic acids is 1. The Hall–Kier alpha value is -8.93. The maximum Gasteiger partial charge on any atom is 0.358 e. The molecular weight excluding hydrogens is 1100 g/mol. The molecule has 2 atom stereocenters. The minimum atomic E-state index is -1.50. The normalized spacial score (nSPS) is 21.0. The largest absolute Gasteiger partial charge is 0.480 e. The van der Waals surface area contributed by atoms with Gasteiger partial charge in [0, 0.05) is 92.8 Å². The lowest BCUT2D eigenvalue weighted by atomic mass is 9.85. The van der Waals surface area contributed by atoms with Gasteiger partial charge in [-0.05, 0) is 73.1 Å². The number of hydrogen-bond acceptors (Lipinski definition) is 13. The Morgan fingerprint density at radius 2 is 1.60 bits per heavy atom. The zero-order valence-electron chi connectivity index (χ0n) is 46.2. The molecule has 84 heavy (non-hydrogen) atoms. The van der Waals surface area contributed by atoms with Crippen LogP contribution in [0.1, 0.15) is 60.8 Å². The number of carboxylic acid groups (broad SMARTS) is 1. The highest BCUT2D eigenvalue weighted by Gasteiger charge is 2.54. The molecule has 6 amide bonds. The molecular formula is C61H60FN12O9S+. The van der Waals surface area contributed by atoms with Gasteiger partial charge in [-0.1, -0.05) is 59.4 Å². The van der Waals surface area contributed by atoms with Crippen LogP contribution in [0.5, 0.6) is 5.75 Å². The molecule has 0 spiro atoms. The number of nitrogens with one attached hydrogen (secondary N) is 3. The fourth-order valence-corrected chi connectivity index (χ4v) is 14.2. The summed E-state index contributed by atoms with van der Waals surface area (Å²) >= 11 is 1.54. The number of nitrogens with zero attached hydrogens (tertiary/aromatic N) is 9. The van der Waals surface area contributed by atoms with Gasteiger partial charge in [0.15, 0.2) is 5.60 Å². The number of hydrogen-bond donors (Lipinski definition) is 4. The summed E-state index contributed by atoms with van der Waals surface area (Å²) in [4.78, 5) is 108. The third kappa shape index (κ3) is 9.48. The number of aromatic nitrogens is 5. The predicted octanol–water partition coefficient (Wildman–Crippen LogP) is 5.66. The van der Waals surface area contributed by atoms with Gasteiger partial charge < -0.3 is 35.6 Å². The smallest absolute Gasteiger partial charge is 0.358 e. The molecule has 430 valence electrons. The number of piperazine rings is 1. The summed E-state index contributed by atoms with van der Waals surface area (Å²) in [6.45, 7) is 2.20. The Balaban J connectivity index is 0.818. The number of halogens is 1. The van der Waals surface area contributed by atoms with Gasteiger partial charge in [0.1, 0.15) is 54.3 Å². The first-order chi connectivity index (χ1) is 40.6. The number of thiazole rings is 1. The number of likely N-dealkylation sites (N-methyl/N-ethyl adjacent to an activating group) is 1. The van der Waals surface area contributed by atoms with Crippen molar-refractivity contribution in [2.24, 2.45) is 0 Å². The van der Waals surface area contributed by atoms with E-state index in [1.54, 1.807) is 56.4 Å². The Morgan fingerprint density at radius 3 is 2.39 bits per heavy atom. The first kappa shape index (κ1) is 54.3. The first-order valence-electron chi connectivity index (χ1n) is 28.2. The zero-order valence-corrected chi connectivity index (χ0v) is 47.0. The second kappa shape index (κ2) is 21.4. The van der Waals surface area contributed by atoms with E-state index in [0.717, 1.165) is 26.4 Å². The maximum atomic E-state index is 16.7. The summed E-state index contributed by atoms with van der Waals surface area (Å²) in [5, 5.41) is 28.4. The number of quaternary nitrogens is 1. The highest BCUT2D eigenvalue weighted by Crippen LogP contribution is 2.45. The van der Waals surface area contributed by atoms with Crippen molar-refractivity contribution >= 4 is 90.5 Å². The molecule has 8 aromatic rings. The van der Waals surface area contributed by atoms with Crippen LogP contribution in [0.25, 0.3) is 53.7 Å². The summed E-state index contributed by atoms with van der Waals surface area (Å²) in [7, 11) is 1.88. The average molecular weight is 1160 g/mol. The van der Waals surface area contributed by atoms with Crippen LogP contribution in [-0.2, 0) is 40.1 Å².